The molecular weight excluding hydrogens is 150 g/mol. The molecule has 12 heavy (non-hydrogen) atoms. The predicted octanol–water partition coefficient (Wildman–Crippen LogP) is 1.16. The van der Waals surface area contributed by atoms with Crippen LogP contribution in [0.2, 0.25) is 0 Å². The molecule has 0 saturated heterocycles. The number of aryl methyl sites for hydroxylation is 1. The van der Waals surface area contributed by atoms with Gasteiger partial charge >= 0.3 is 0 Å². The summed E-state index contributed by atoms with van der Waals surface area (Å²) in [5.41, 5.74) is 1.36. The molecule has 1 rings (SSSR count). The first kappa shape index (κ1) is 9.23. The van der Waals surface area contributed by atoms with Crippen LogP contribution >= 0.6 is 0 Å². The fourth-order valence-corrected chi connectivity index (χ4v) is 1.14. The molecule has 0 aromatic heterocycles. The summed E-state index contributed by atoms with van der Waals surface area (Å²) >= 11 is 0. The van der Waals surface area contributed by atoms with E-state index in [1.807, 2.05) is 6.07 Å². The normalized spacial score (nSPS) is 10.1. The van der Waals surface area contributed by atoms with Crippen molar-refractivity contribution in [2.45, 2.75) is 12.8 Å². The molecule has 66 valence electrons. The van der Waals surface area contributed by atoms with Crippen LogP contribution in [0.4, 0.5) is 0 Å². The average Bonchev–Trinajstić information content (AvgIpc) is 2.14. The minimum atomic E-state index is 0.0782. The molecule has 2 heteroatoms. The summed E-state index contributed by atoms with van der Waals surface area (Å²) in [5.74, 6) is 0. The maximum atomic E-state index is 8.45. The Balaban J connectivity index is 2.16. The minimum absolute atomic E-state index is 0.0782. The van der Waals surface area contributed by atoms with Gasteiger partial charge in [-0.15, -0.1) is 0 Å². The van der Waals surface area contributed by atoms with Crippen molar-refractivity contribution in [1.29, 1.82) is 0 Å². The van der Waals surface area contributed by atoms with E-state index in [0.29, 0.717) is 0 Å². The molecule has 0 spiro atoms. The van der Waals surface area contributed by atoms with Crippen molar-refractivity contribution >= 4 is 0 Å². The Labute approximate surface area is 73.2 Å². The van der Waals surface area contributed by atoms with Gasteiger partial charge in [-0.05, 0) is 24.9 Å². The highest BCUT2D eigenvalue weighted by molar-refractivity contribution is 5.14. The fraction of sp³-hybridized carbons (Fsp3) is 0.400. The first-order valence-corrected chi connectivity index (χ1v) is 4.29. The van der Waals surface area contributed by atoms with Crippen molar-refractivity contribution in [3.8, 4) is 0 Å². The van der Waals surface area contributed by atoms with Gasteiger partial charge in [0.25, 0.3) is 0 Å². The standard InChI is InChI=1S/C10H15NO/c12-9-11-8-4-7-10-5-2-1-3-6-10/h1-3,5-6,11-12H,4,7-9H2. The summed E-state index contributed by atoms with van der Waals surface area (Å²) in [6, 6.07) is 10.4. The summed E-state index contributed by atoms with van der Waals surface area (Å²) in [6.45, 7) is 0.959. The van der Waals surface area contributed by atoms with Crippen molar-refractivity contribution in [2.24, 2.45) is 0 Å². The molecule has 0 unspecified atom stereocenters. The summed E-state index contributed by atoms with van der Waals surface area (Å²) in [6.07, 6.45) is 2.15. The van der Waals surface area contributed by atoms with E-state index in [4.69, 9.17) is 5.11 Å². The van der Waals surface area contributed by atoms with Crippen LogP contribution in [0.15, 0.2) is 30.3 Å². The highest BCUT2D eigenvalue weighted by Crippen LogP contribution is 2.00. The monoisotopic (exact) mass is 165 g/mol. The van der Waals surface area contributed by atoms with E-state index in [2.05, 4.69) is 29.6 Å². The fourth-order valence-electron chi connectivity index (χ4n) is 1.14. The summed E-state index contributed by atoms with van der Waals surface area (Å²) in [7, 11) is 0. The Hall–Kier alpha value is -0.860. The Bertz CT molecular complexity index is 198. The first-order valence-electron chi connectivity index (χ1n) is 4.29. The molecule has 0 aliphatic carbocycles. The topological polar surface area (TPSA) is 32.3 Å². The van der Waals surface area contributed by atoms with E-state index in [0.717, 1.165) is 19.4 Å². The molecule has 0 radical (unpaired) electrons. The van der Waals surface area contributed by atoms with Gasteiger partial charge in [-0.1, -0.05) is 30.3 Å². The Morgan fingerprint density at radius 3 is 2.58 bits per heavy atom. The maximum Gasteiger partial charge on any atom is 0.0931 e. The smallest absolute Gasteiger partial charge is 0.0931 e. The lowest BCUT2D eigenvalue weighted by atomic mass is 10.1. The van der Waals surface area contributed by atoms with E-state index < -0.39 is 0 Å². The van der Waals surface area contributed by atoms with Gasteiger partial charge in [-0.2, -0.15) is 0 Å². The lowest BCUT2D eigenvalue weighted by Crippen LogP contribution is -2.16. The quantitative estimate of drug-likeness (QED) is 0.507. The third-order valence-corrected chi connectivity index (χ3v) is 1.77. The largest absolute Gasteiger partial charge is 0.381 e. The average molecular weight is 165 g/mol. The molecule has 1 aromatic rings. The van der Waals surface area contributed by atoms with E-state index in [1.54, 1.807) is 0 Å². The molecule has 2 N–H and O–H groups in total. The molecule has 1 aromatic carbocycles. The van der Waals surface area contributed by atoms with Crippen LogP contribution in [0.25, 0.3) is 0 Å². The molecule has 0 bridgehead atoms. The molecule has 0 fully saturated rings. The van der Waals surface area contributed by atoms with E-state index in [1.165, 1.54) is 5.56 Å². The lowest BCUT2D eigenvalue weighted by Gasteiger charge is -2.00. The van der Waals surface area contributed by atoms with E-state index in [9.17, 15) is 0 Å². The molecule has 0 aliphatic heterocycles. The molecule has 0 heterocycles. The van der Waals surface area contributed by atoms with E-state index in [-0.39, 0.29) is 6.73 Å². The Morgan fingerprint density at radius 2 is 1.92 bits per heavy atom. The number of hydrogen-bond donors (Lipinski definition) is 2. The second kappa shape index (κ2) is 5.75. The van der Waals surface area contributed by atoms with Gasteiger partial charge in [-0.25, -0.2) is 0 Å². The zero-order valence-corrected chi connectivity index (χ0v) is 7.16. The maximum absolute atomic E-state index is 8.45. The highest BCUT2D eigenvalue weighted by Gasteiger charge is 1.90. The van der Waals surface area contributed by atoms with Crippen LogP contribution < -0.4 is 5.32 Å². The Morgan fingerprint density at radius 1 is 1.17 bits per heavy atom. The number of nitrogens with one attached hydrogen (secondary N) is 1. The van der Waals surface area contributed by atoms with Crippen LogP contribution in [-0.2, 0) is 6.42 Å². The van der Waals surface area contributed by atoms with Gasteiger partial charge in [-0.3, -0.25) is 5.32 Å². The van der Waals surface area contributed by atoms with Crippen LogP contribution in [0.1, 0.15) is 12.0 Å². The van der Waals surface area contributed by atoms with Crippen LogP contribution in [0, 0.1) is 0 Å². The van der Waals surface area contributed by atoms with Gasteiger partial charge in [0, 0.05) is 0 Å². The van der Waals surface area contributed by atoms with Crippen molar-refractivity contribution in [1.82, 2.24) is 5.32 Å². The number of aliphatic hydroxyl groups excluding tert-OH is 1. The van der Waals surface area contributed by atoms with Crippen LogP contribution in [-0.4, -0.2) is 18.4 Å². The number of aliphatic hydroxyl groups is 1. The van der Waals surface area contributed by atoms with Crippen molar-refractivity contribution in [3.63, 3.8) is 0 Å². The number of benzene rings is 1. The number of hydrogen-bond acceptors (Lipinski definition) is 2. The van der Waals surface area contributed by atoms with Crippen molar-refractivity contribution < 1.29 is 5.11 Å². The summed E-state index contributed by atoms with van der Waals surface area (Å²) in [4.78, 5) is 0. The second-order valence-corrected chi connectivity index (χ2v) is 2.75. The second-order valence-electron chi connectivity index (χ2n) is 2.75. The molecule has 0 aliphatic rings. The molecule has 0 atom stereocenters. The van der Waals surface area contributed by atoms with Gasteiger partial charge < -0.3 is 5.11 Å². The van der Waals surface area contributed by atoms with Crippen LogP contribution in [0.3, 0.4) is 0 Å². The number of rotatable bonds is 5. The summed E-state index contributed by atoms with van der Waals surface area (Å²) in [5, 5.41) is 11.3. The molecular formula is C10H15NO. The van der Waals surface area contributed by atoms with Crippen molar-refractivity contribution in [3.05, 3.63) is 35.9 Å². The van der Waals surface area contributed by atoms with Crippen molar-refractivity contribution in [2.75, 3.05) is 13.3 Å². The van der Waals surface area contributed by atoms with Gasteiger partial charge in [0.15, 0.2) is 0 Å². The lowest BCUT2D eigenvalue weighted by molar-refractivity contribution is 0.260. The van der Waals surface area contributed by atoms with E-state index >= 15 is 0 Å². The third-order valence-electron chi connectivity index (χ3n) is 1.77. The zero-order chi connectivity index (χ0) is 8.65. The molecule has 0 amide bonds. The van der Waals surface area contributed by atoms with Gasteiger partial charge in [0.1, 0.15) is 0 Å². The Kier molecular flexibility index (Phi) is 4.42. The predicted molar refractivity (Wildman–Crippen MR) is 49.9 cm³/mol. The third kappa shape index (κ3) is 3.51. The van der Waals surface area contributed by atoms with Crippen LogP contribution in [0.5, 0.6) is 0 Å². The van der Waals surface area contributed by atoms with Gasteiger partial charge in [0.05, 0.1) is 6.73 Å². The molecule has 0 saturated carbocycles. The van der Waals surface area contributed by atoms with Gasteiger partial charge in [0.2, 0.25) is 0 Å². The highest BCUT2D eigenvalue weighted by atomic mass is 16.3. The minimum Gasteiger partial charge on any atom is -0.381 e. The molecule has 2 nitrogen and oxygen atoms in total. The summed E-state index contributed by atoms with van der Waals surface area (Å²) < 4.78 is 0. The zero-order valence-electron chi connectivity index (χ0n) is 7.16. The SMILES string of the molecule is OCNCCCc1ccccc1. The first-order chi connectivity index (χ1) is 5.93.